The summed E-state index contributed by atoms with van der Waals surface area (Å²) in [5.74, 6) is 0.522. The van der Waals surface area contributed by atoms with E-state index in [1.54, 1.807) is 6.33 Å². The number of hydrogen-bond acceptors (Lipinski definition) is 5. The van der Waals surface area contributed by atoms with Crippen LogP contribution in [0.4, 0.5) is 5.82 Å². The monoisotopic (exact) mass is 377 g/mol. The molecule has 4 heterocycles. The number of rotatable bonds is 2. The van der Waals surface area contributed by atoms with Crippen LogP contribution in [0.3, 0.4) is 0 Å². The van der Waals surface area contributed by atoms with Gasteiger partial charge in [-0.25, -0.2) is 9.97 Å². The molecule has 0 saturated carbocycles. The summed E-state index contributed by atoms with van der Waals surface area (Å²) in [4.78, 5) is 8.82. The first-order valence-corrected chi connectivity index (χ1v) is 10.1. The number of aryl methyl sites for hydroxylation is 2. The zero-order valence-electron chi connectivity index (χ0n) is 16.6. The molecule has 1 spiro atoms. The molecule has 1 saturated heterocycles. The van der Waals surface area contributed by atoms with Crippen molar-refractivity contribution in [3.63, 3.8) is 0 Å². The van der Waals surface area contributed by atoms with Crippen LogP contribution in [-0.2, 0) is 14.1 Å². The third kappa shape index (κ3) is 2.57. The SMILES string of the molecule is Cn1nccc1-c1c(C2=CCC3(CCNCC3)CC2)n(C)c2ncnc(N)c12. The standard InChI is InChI=1S/C21H27N7/c1-27-18(14-3-6-21(7-4-14)8-11-23-12-9-21)16(15-5-10-26-28(15)2)17-19(22)24-13-25-20(17)27/h3,5,10,13,23H,4,6-9,11-12H2,1-2H3,(H2,22,24,25). The van der Waals surface area contributed by atoms with Crippen LogP contribution >= 0.6 is 0 Å². The lowest BCUT2D eigenvalue weighted by atomic mass is 9.68. The van der Waals surface area contributed by atoms with E-state index in [9.17, 15) is 0 Å². The van der Waals surface area contributed by atoms with Crippen LogP contribution in [0.5, 0.6) is 0 Å². The first-order valence-electron chi connectivity index (χ1n) is 10.1. The molecule has 146 valence electrons. The van der Waals surface area contributed by atoms with Crippen molar-refractivity contribution < 1.29 is 0 Å². The summed E-state index contributed by atoms with van der Waals surface area (Å²) in [5, 5.41) is 8.82. The van der Waals surface area contributed by atoms with Crippen LogP contribution in [0.1, 0.15) is 37.8 Å². The molecule has 7 nitrogen and oxygen atoms in total. The maximum atomic E-state index is 6.32. The molecule has 0 amide bonds. The second-order valence-corrected chi connectivity index (χ2v) is 8.26. The topological polar surface area (TPSA) is 86.6 Å². The number of nitrogens with one attached hydrogen (secondary N) is 1. The summed E-state index contributed by atoms with van der Waals surface area (Å²) < 4.78 is 4.09. The van der Waals surface area contributed by atoms with Gasteiger partial charge >= 0.3 is 0 Å². The number of nitrogens with two attached hydrogens (primary N) is 1. The quantitative estimate of drug-likeness (QED) is 0.717. The molecule has 0 radical (unpaired) electrons. The summed E-state index contributed by atoms with van der Waals surface area (Å²) in [6.07, 6.45) is 11.9. The number of fused-ring (bicyclic) bond motifs is 1. The fraction of sp³-hybridized carbons (Fsp3) is 0.476. The minimum Gasteiger partial charge on any atom is -0.383 e. The summed E-state index contributed by atoms with van der Waals surface area (Å²) in [5.41, 5.74) is 12.4. The highest BCUT2D eigenvalue weighted by Gasteiger charge is 2.35. The molecule has 5 rings (SSSR count). The van der Waals surface area contributed by atoms with E-state index in [1.807, 2.05) is 24.0 Å². The predicted octanol–water partition coefficient (Wildman–Crippen LogP) is 2.89. The second-order valence-electron chi connectivity index (χ2n) is 8.26. The molecule has 1 aliphatic heterocycles. The van der Waals surface area contributed by atoms with Crippen molar-refractivity contribution in [2.45, 2.75) is 32.1 Å². The zero-order chi connectivity index (χ0) is 19.3. The van der Waals surface area contributed by atoms with Crippen molar-refractivity contribution in [3.05, 3.63) is 30.4 Å². The van der Waals surface area contributed by atoms with Gasteiger partial charge < -0.3 is 15.6 Å². The predicted molar refractivity (Wildman–Crippen MR) is 111 cm³/mol. The minimum absolute atomic E-state index is 0.477. The molecule has 7 heteroatoms. The number of anilines is 1. The molecule has 2 aliphatic rings. The van der Waals surface area contributed by atoms with Gasteiger partial charge in [-0.05, 0) is 62.2 Å². The molecule has 3 aromatic rings. The molecule has 0 aromatic carbocycles. The fourth-order valence-corrected chi connectivity index (χ4v) is 5.09. The smallest absolute Gasteiger partial charge is 0.146 e. The first-order chi connectivity index (χ1) is 13.6. The van der Waals surface area contributed by atoms with E-state index in [2.05, 4.69) is 38.1 Å². The molecule has 0 atom stereocenters. The average Bonchev–Trinajstić information content (AvgIpc) is 3.25. The number of aromatic nitrogens is 5. The van der Waals surface area contributed by atoms with Crippen LogP contribution in [0.15, 0.2) is 24.7 Å². The lowest BCUT2D eigenvalue weighted by Crippen LogP contribution is -2.37. The molecule has 3 aromatic heterocycles. The number of piperidine rings is 1. The van der Waals surface area contributed by atoms with Crippen LogP contribution < -0.4 is 11.1 Å². The molecule has 1 fully saturated rings. The Morgan fingerprint density at radius 3 is 2.64 bits per heavy atom. The highest BCUT2D eigenvalue weighted by molar-refractivity contribution is 6.05. The van der Waals surface area contributed by atoms with Gasteiger partial charge in [-0.2, -0.15) is 5.10 Å². The van der Waals surface area contributed by atoms with E-state index in [-0.39, 0.29) is 0 Å². The van der Waals surface area contributed by atoms with E-state index >= 15 is 0 Å². The molecule has 0 bridgehead atoms. The van der Waals surface area contributed by atoms with Crippen molar-refractivity contribution >= 4 is 22.4 Å². The van der Waals surface area contributed by atoms with E-state index in [0.29, 0.717) is 11.2 Å². The second kappa shape index (κ2) is 6.44. The zero-order valence-corrected chi connectivity index (χ0v) is 16.6. The normalized spacial score (nSPS) is 19.3. The van der Waals surface area contributed by atoms with Gasteiger partial charge in [-0.1, -0.05) is 6.08 Å². The van der Waals surface area contributed by atoms with Gasteiger partial charge in [0.25, 0.3) is 0 Å². The molecule has 1 aliphatic carbocycles. The lowest BCUT2D eigenvalue weighted by Gasteiger charge is -2.40. The van der Waals surface area contributed by atoms with E-state index < -0.39 is 0 Å². The van der Waals surface area contributed by atoms with Gasteiger partial charge in [0, 0.05) is 25.9 Å². The van der Waals surface area contributed by atoms with Crippen molar-refractivity contribution in [1.29, 1.82) is 0 Å². The van der Waals surface area contributed by atoms with Crippen LogP contribution in [0, 0.1) is 5.41 Å². The van der Waals surface area contributed by atoms with Crippen molar-refractivity contribution in [3.8, 4) is 11.3 Å². The van der Waals surface area contributed by atoms with Crippen molar-refractivity contribution in [2.24, 2.45) is 19.5 Å². The average molecular weight is 377 g/mol. The third-order valence-corrected chi connectivity index (χ3v) is 6.75. The molecular weight excluding hydrogens is 350 g/mol. The van der Waals surface area contributed by atoms with Crippen molar-refractivity contribution in [2.75, 3.05) is 18.8 Å². The number of hydrogen-bond donors (Lipinski definition) is 2. The Morgan fingerprint density at radius 2 is 1.96 bits per heavy atom. The Labute approximate surface area is 164 Å². The van der Waals surface area contributed by atoms with E-state index in [4.69, 9.17) is 5.73 Å². The third-order valence-electron chi connectivity index (χ3n) is 6.75. The largest absolute Gasteiger partial charge is 0.383 e. The number of nitrogens with zero attached hydrogens (tertiary/aromatic N) is 5. The molecular formula is C21H27N7. The minimum atomic E-state index is 0.477. The van der Waals surface area contributed by atoms with Crippen LogP contribution in [0.2, 0.25) is 0 Å². The van der Waals surface area contributed by atoms with Gasteiger partial charge in [0.15, 0.2) is 0 Å². The molecule has 28 heavy (non-hydrogen) atoms. The first kappa shape index (κ1) is 17.4. The maximum absolute atomic E-state index is 6.32. The number of allylic oxidation sites excluding steroid dienone is 2. The van der Waals surface area contributed by atoms with Crippen molar-refractivity contribution in [1.82, 2.24) is 29.6 Å². The summed E-state index contributed by atoms with van der Waals surface area (Å²) in [6.45, 7) is 2.28. The molecule has 3 N–H and O–H groups in total. The highest BCUT2D eigenvalue weighted by Crippen LogP contribution is 2.47. The van der Waals surface area contributed by atoms with Crippen LogP contribution in [-0.4, -0.2) is 37.4 Å². The van der Waals surface area contributed by atoms with Gasteiger partial charge in [0.05, 0.1) is 16.8 Å². The Bertz CT molecular complexity index is 1070. The lowest BCUT2D eigenvalue weighted by molar-refractivity contribution is 0.184. The van der Waals surface area contributed by atoms with Gasteiger partial charge in [-0.15, -0.1) is 0 Å². The Balaban J connectivity index is 1.69. The fourth-order valence-electron chi connectivity index (χ4n) is 5.09. The number of nitrogen functional groups attached to an aromatic ring is 1. The Morgan fingerprint density at radius 1 is 1.14 bits per heavy atom. The van der Waals surface area contributed by atoms with Gasteiger partial charge in [0.1, 0.15) is 17.8 Å². The van der Waals surface area contributed by atoms with E-state index in [0.717, 1.165) is 48.2 Å². The Kier molecular flexibility index (Phi) is 4.01. The van der Waals surface area contributed by atoms with Gasteiger partial charge in [-0.3, -0.25) is 4.68 Å². The summed E-state index contributed by atoms with van der Waals surface area (Å²) >= 11 is 0. The van der Waals surface area contributed by atoms with Gasteiger partial charge in [0.2, 0.25) is 0 Å². The highest BCUT2D eigenvalue weighted by atomic mass is 15.3. The Hall–Kier alpha value is -2.67. The molecule has 0 unspecified atom stereocenters. The van der Waals surface area contributed by atoms with E-state index in [1.165, 1.54) is 30.5 Å². The maximum Gasteiger partial charge on any atom is 0.146 e. The van der Waals surface area contributed by atoms with Crippen LogP contribution in [0.25, 0.3) is 27.9 Å². The summed E-state index contributed by atoms with van der Waals surface area (Å²) in [6, 6.07) is 2.04. The summed E-state index contributed by atoms with van der Waals surface area (Å²) in [7, 11) is 4.05.